The number of allylic oxidation sites excluding steroid dienone is 2. The van der Waals surface area contributed by atoms with Gasteiger partial charge in [-0.15, -0.1) is 0 Å². The zero-order chi connectivity index (χ0) is 19.6. The number of fused-ring (bicyclic) bond motifs is 1. The molecule has 148 valence electrons. The molecule has 0 aromatic heterocycles. The Morgan fingerprint density at radius 3 is 2.33 bits per heavy atom. The monoisotopic (exact) mass is 376 g/mol. The molecular weight excluding hydrogens is 348 g/mol. The lowest BCUT2D eigenvalue weighted by molar-refractivity contribution is -0.159. The minimum absolute atomic E-state index is 0.111. The standard InChI is InChI=1S/C20H28N2O5/c1-12-7-3-6-10-16(12)21-17(23)11-27-20(26)13(2)22-18(24)14-8-4-5-9-15(14)19(22)25/h4-5,12-16H,3,6-11H2,1-2H3,(H,21,23)/t12-,13+,14-,15+,16+/m1/s1. The van der Waals surface area contributed by atoms with Gasteiger partial charge in [-0.05, 0) is 38.5 Å². The molecule has 7 heteroatoms. The van der Waals surface area contributed by atoms with Gasteiger partial charge in [0.2, 0.25) is 11.8 Å². The SMILES string of the molecule is C[C@@H]1CCCC[C@@H]1NC(=O)COC(=O)[C@H](C)N1C(=O)[C@H]2CC=CC[C@H]2C1=O. The van der Waals surface area contributed by atoms with Crippen LogP contribution in [-0.2, 0) is 23.9 Å². The minimum Gasteiger partial charge on any atom is -0.454 e. The fourth-order valence-corrected chi connectivity index (χ4v) is 4.35. The first-order valence-corrected chi connectivity index (χ1v) is 9.88. The third-order valence-electron chi connectivity index (χ3n) is 6.07. The predicted molar refractivity (Wildman–Crippen MR) is 97.2 cm³/mol. The summed E-state index contributed by atoms with van der Waals surface area (Å²) in [6.45, 7) is 3.19. The molecule has 5 atom stereocenters. The first kappa shape index (κ1) is 19.6. The first-order chi connectivity index (χ1) is 12.9. The van der Waals surface area contributed by atoms with Gasteiger partial charge in [-0.25, -0.2) is 4.79 Å². The summed E-state index contributed by atoms with van der Waals surface area (Å²) >= 11 is 0. The number of carbonyl (C=O) groups excluding carboxylic acids is 4. The van der Waals surface area contributed by atoms with E-state index in [1.807, 2.05) is 12.2 Å². The largest absolute Gasteiger partial charge is 0.454 e. The molecule has 2 aliphatic carbocycles. The highest BCUT2D eigenvalue weighted by Crippen LogP contribution is 2.36. The van der Waals surface area contributed by atoms with Crippen LogP contribution in [0, 0.1) is 17.8 Å². The van der Waals surface area contributed by atoms with Crippen molar-refractivity contribution in [2.24, 2.45) is 17.8 Å². The average Bonchev–Trinajstić information content (AvgIpc) is 2.92. The molecule has 2 fully saturated rings. The third-order valence-corrected chi connectivity index (χ3v) is 6.07. The van der Waals surface area contributed by atoms with Crippen LogP contribution < -0.4 is 5.32 Å². The molecule has 0 bridgehead atoms. The maximum atomic E-state index is 12.5. The second kappa shape index (κ2) is 8.23. The second-order valence-corrected chi connectivity index (χ2v) is 7.92. The fraction of sp³-hybridized carbons (Fsp3) is 0.700. The Balaban J connectivity index is 1.51. The van der Waals surface area contributed by atoms with E-state index < -0.39 is 18.6 Å². The van der Waals surface area contributed by atoms with E-state index in [2.05, 4.69) is 12.2 Å². The summed E-state index contributed by atoms with van der Waals surface area (Å²) in [5, 5.41) is 2.92. The van der Waals surface area contributed by atoms with Gasteiger partial charge in [0.1, 0.15) is 6.04 Å². The number of imide groups is 1. The molecular formula is C20H28N2O5. The van der Waals surface area contributed by atoms with Crippen molar-refractivity contribution in [2.75, 3.05) is 6.61 Å². The Bertz CT molecular complexity index is 633. The molecule has 1 N–H and O–H groups in total. The van der Waals surface area contributed by atoms with Gasteiger partial charge in [0.05, 0.1) is 11.8 Å². The highest BCUT2D eigenvalue weighted by atomic mass is 16.5. The number of likely N-dealkylation sites (tertiary alicyclic amines) is 1. The Labute approximate surface area is 159 Å². The molecule has 3 aliphatic rings. The van der Waals surface area contributed by atoms with Crippen LogP contribution in [0.5, 0.6) is 0 Å². The smallest absolute Gasteiger partial charge is 0.329 e. The number of carbonyl (C=O) groups is 4. The summed E-state index contributed by atoms with van der Waals surface area (Å²) < 4.78 is 5.09. The number of ether oxygens (including phenoxy) is 1. The quantitative estimate of drug-likeness (QED) is 0.447. The van der Waals surface area contributed by atoms with Crippen LogP contribution in [0.3, 0.4) is 0 Å². The van der Waals surface area contributed by atoms with Crippen LogP contribution in [0.1, 0.15) is 52.4 Å². The predicted octanol–water partition coefficient (Wildman–Crippen LogP) is 1.56. The van der Waals surface area contributed by atoms with Crippen LogP contribution in [0.2, 0.25) is 0 Å². The van der Waals surface area contributed by atoms with Crippen molar-refractivity contribution in [3.8, 4) is 0 Å². The molecule has 1 aliphatic heterocycles. The molecule has 3 amide bonds. The van der Waals surface area contributed by atoms with Crippen molar-refractivity contribution in [1.82, 2.24) is 10.2 Å². The fourth-order valence-electron chi connectivity index (χ4n) is 4.35. The Morgan fingerprint density at radius 2 is 1.74 bits per heavy atom. The highest BCUT2D eigenvalue weighted by Gasteiger charge is 2.50. The van der Waals surface area contributed by atoms with E-state index in [1.54, 1.807) is 0 Å². The number of hydrogen-bond acceptors (Lipinski definition) is 5. The molecule has 3 rings (SSSR count). The van der Waals surface area contributed by atoms with Crippen molar-refractivity contribution in [2.45, 2.75) is 64.5 Å². The van der Waals surface area contributed by atoms with E-state index in [0.29, 0.717) is 18.8 Å². The van der Waals surface area contributed by atoms with E-state index in [9.17, 15) is 19.2 Å². The van der Waals surface area contributed by atoms with Crippen molar-refractivity contribution in [3.63, 3.8) is 0 Å². The Morgan fingerprint density at radius 1 is 1.15 bits per heavy atom. The zero-order valence-electron chi connectivity index (χ0n) is 16.0. The number of nitrogens with one attached hydrogen (secondary N) is 1. The van der Waals surface area contributed by atoms with Gasteiger partial charge in [-0.1, -0.05) is 31.9 Å². The molecule has 0 aromatic carbocycles. The lowest BCUT2D eigenvalue weighted by Crippen LogP contribution is -2.46. The number of hydrogen-bond donors (Lipinski definition) is 1. The number of amides is 3. The van der Waals surface area contributed by atoms with Gasteiger partial charge in [-0.3, -0.25) is 19.3 Å². The Hall–Kier alpha value is -2.18. The Kier molecular flexibility index (Phi) is 5.97. The summed E-state index contributed by atoms with van der Waals surface area (Å²) in [6.07, 6.45) is 9.12. The lowest BCUT2D eigenvalue weighted by atomic mass is 9.85. The molecule has 27 heavy (non-hydrogen) atoms. The molecule has 0 unspecified atom stereocenters. The van der Waals surface area contributed by atoms with E-state index in [0.717, 1.165) is 24.2 Å². The van der Waals surface area contributed by atoms with Crippen molar-refractivity contribution >= 4 is 23.7 Å². The first-order valence-electron chi connectivity index (χ1n) is 9.88. The van der Waals surface area contributed by atoms with Gasteiger partial charge in [0.25, 0.3) is 5.91 Å². The summed E-state index contributed by atoms with van der Waals surface area (Å²) in [5.41, 5.74) is 0. The maximum Gasteiger partial charge on any atom is 0.329 e. The van der Waals surface area contributed by atoms with Gasteiger partial charge in [0, 0.05) is 6.04 Å². The molecule has 7 nitrogen and oxygen atoms in total. The lowest BCUT2D eigenvalue weighted by Gasteiger charge is -2.29. The van der Waals surface area contributed by atoms with Crippen molar-refractivity contribution in [3.05, 3.63) is 12.2 Å². The molecule has 0 spiro atoms. The van der Waals surface area contributed by atoms with E-state index in [4.69, 9.17) is 4.74 Å². The molecule has 1 heterocycles. The topological polar surface area (TPSA) is 92.8 Å². The second-order valence-electron chi connectivity index (χ2n) is 7.92. The summed E-state index contributed by atoms with van der Waals surface area (Å²) in [7, 11) is 0. The van der Waals surface area contributed by atoms with Gasteiger partial charge < -0.3 is 10.1 Å². The summed E-state index contributed by atoms with van der Waals surface area (Å²) in [5.74, 6) is -2.06. The van der Waals surface area contributed by atoms with Crippen LogP contribution in [0.4, 0.5) is 0 Å². The molecule has 1 saturated heterocycles. The van der Waals surface area contributed by atoms with Crippen molar-refractivity contribution < 1.29 is 23.9 Å². The van der Waals surface area contributed by atoms with Crippen LogP contribution >= 0.6 is 0 Å². The van der Waals surface area contributed by atoms with Gasteiger partial charge >= 0.3 is 5.97 Å². The minimum atomic E-state index is -1.02. The normalized spacial score (nSPS) is 31.4. The van der Waals surface area contributed by atoms with Crippen LogP contribution in [-0.4, -0.2) is 47.3 Å². The molecule has 1 saturated carbocycles. The van der Waals surface area contributed by atoms with E-state index in [-0.39, 0.29) is 35.6 Å². The van der Waals surface area contributed by atoms with Gasteiger partial charge in [0.15, 0.2) is 6.61 Å². The highest BCUT2D eigenvalue weighted by molar-refractivity contribution is 6.08. The van der Waals surface area contributed by atoms with Crippen molar-refractivity contribution in [1.29, 1.82) is 0 Å². The number of nitrogens with zero attached hydrogens (tertiary/aromatic N) is 1. The summed E-state index contributed by atoms with van der Waals surface area (Å²) in [4.78, 5) is 50.5. The van der Waals surface area contributed by atoms with Gasteiger partial charge in [-0.2, -0.15) is 0 Å². The van der Waals surface area contributed by atoms with E-state index >= 15 is 0 Å². The molecule has 0 radical (unpaired) electrons. The van der Waals surface area contributed by atoms with Crippen LogP contribution in [0.15, 0.2) is 12.2 Å². The maximum absolute atomic E-state index is 12.5. The van der Waals surface area contributed by atoms with Crippen LogP contribution in [0.25, 0.3) is 0 Å². The molecule has 0 aromatic rings. The number of rotatable bonds is 5. The third kappa shape index (κ3) is 4.06. The average molecular weight is 376 g/mol. The number of esters is 1. The summed E-state index contributed by atoms with van der Waals surface area (Å²) in [6, 6.07) is -0.906. The van der Waals surface area contributed by atoms with E-state index in [1.165, 1.54) is 13.3 Å². The zero-order valence-corrected chi connectivity index (χ0v) is 16.0.